The number of fused-ring (bicyclic) bond motifs is 1. The van der Waals surface area contributed by atoms with Gasteiger partial charge in [0.15, 0.2) is 5.69 Å². The number of ether oxygens (including phenoxy) is 1. The predicted octanol–water partition coefficient (Wildman–Crippen LogP) is 3.68. The fourth-order valence-electron chi connectivity index (χ4n) is 3.17. The van der Waals surface area contributed by atoms with E-state index in [1.807, 2.05) is 12.1 Å². The molecule has 3 rings (SSSR count). The average Bonchev–Trinajstić information content (AvgIpc) is 2.99. The lowest BCUT2D eigenvalue weighted by atomic mass is 9.82. The maximum Gasteiger partial charge on any atom is 0.219 e. The van der Waals surface area contributed by atoms with Crippen LogP contribution in [0.4, 0.5) is 10.1 Å². The molecule has 0 spiro atoms. The molecule has 1 heterocycles. The normalized spacial score (nSPS) is 18.7. The van der Waals surface area contributed by atoms with Crippen LogP contribution >= 0.6 is 0 Å². The number of benzene rings is 2. The molecule has 0 bridgehead atoms. The van der Waals surface area contributed by atoms with Gasteiger partial charge < -0.3 is 10.1 Å². The number of amides is 1. The van der Waals surface area contributed by atoms with Crippen molar-refractivity contribution in [3.8, 4) is 0 Å². The summed E-state index contributed by atoms with van der Waals surface area (Å²) in [4.78, 5) is 15.2. The maximum atomic E-state index is 13.3. The van der Waals surface area contributed by atoms with Gasteiger partial charge in [-0.15, -0.1) is 0 Å². The second-order valence-corrected chi connectivity index (χ2v) is 5.75. The quantitative estimate of drug-likeness (QED) is 0.872. The summed E-state index contributed by atoms with van der Waals surface area (Å²) >= 11 is 0. The van der Waals surface area contributed by atoms with E-state index in [1.165, 1.54) is 12.1 Å². The van der Waals surface area contributed by atoms with Crippen LogP contribution in [0, 0.1) is 12.4 Å². The van der Waals surface area contributed by atoms with Crippen molar-refractivity contribution >= 4 is 11.6 Å². The zero-order valence-electron chi connectivity index (χ0n) is 13.3. The number of carbonyl (C=O) groups excluding carboxylic acids is 1. The van der Waals surface area contributed by atoms with Gasteiger partial charge in [0.25, 0.3) is 0 Å². The highest BCUT2D eigenvalue weighted by atomic mass is 19.1. The van der Waals surface area contributed by atoms with Crippen molar-refractivity contribution in [2.75, 3.05) is 7.05 Å². The van der Waals surface area contributed by atoms with Crippen LogP contribution in [0.25, 0.3) is 4.85 Å². The molecule has 4 nitrogen and oxygen atoms in total. The van der Waals surface area contributed by atoms with Gasteiger partial charge in [0.1, 0.15) is 11.4 Å². The minimum absolute atomic E-state index is 0.0775. The molecule has 0 saturated heterocycles. The van der Waals surface area contributed by atoms with Crippen molar-refractivity contribution in [2.24, 2.45) is 0 Å². The van der Waals surface area contributed by atoms with Crippen LogP contribution in [0.15, 0.2) is 42.5 Å². The fraction of sp³-hybridized carbons (Fsp3) is 0.263. The second-order valence-electron chi connectivity index (χ2n) is 5.75. The molecule has 1 atom stereocenters. The first-order valence-electron chi connectivity index (χ1n) is 7.70. The van der Waals surface area contributed by atoms with Gasteiger partial charge in [-0.25, -0.2) is 9.24 Å². The Morgan fingerprint density at radius 3 is 2.75 bits per heavy atom. The number of nitrogens with one attached hydrogen (secondary N) is 1. The second kappa shape index (κ2) is 6.42. The summed E-state index contributed by atoms with van der Waals surface area (Å²) in [6.07, 6.45) is 0.737. The van der Waals surface area contributed by atoms with Gasteiger partial charge in [0.05, 0.1) is 13.2 Å². The molecule has 1 amide bonds. The Morgan fingerprint density at radius 1 is 1.33 bits per heavy atom. The Morgan fingerprint density at radius 2 is 2.08 bits per heavy atom. The molecular formula is C19H17FN2O2. The summed E-state index contributed by atoms with van der Waals surface area (Å²) in [6, 6.07) is 11.6. The molecule has 2 aromatic rings. The average molecular weight is 324 g/mol. The lowest BCUT2D eigenvalue weighted by molar-refractivity contribution is -0.122. The van der Waals surface area contributed by atoms with Gasteiger partial charge >= 0.3 is 0 Å². The van der Waals surface area contributed by atoms with E-state index in [9.17, 15) is 9.18 Å². The van der Waals surface area contributed by atoms with E-state index < -0.39 is 5.60 Å². The number of hydrogen-bond donors (Lipinski definition) is 1. The highest BCUT2D eigenvalue weighted by molar-refractivity contribution is 5.75. The van der Waals surface area contributed by atoms with Crippen molar-refractivity contribution in [1.29, 1.82) is 0 Å². The largest absolute Gasteiger partial charge is 0.361 e. The van der Waals surface area contributed by atoms with E-state index in [-0.39, 0.29) is 18.1 Å². The van der Waals surface area contributed by atoms with Gasteiger partial charge in [0, 0.05) is 13.5 Å². The van der Waals surface area contributed by atoms with E-state index in [0.717, 1.165) is 16.7 Å². The van der Waals surface area contributed by atoms with Crippen LogP contribution < -0.4 is 5.32 Å². The predicted molar refractivity (Wildman–Crippen MR) is 88.0 cm³/mol. The van der Waals surface area contributed by atoms with Crippen LogP contribution in [0.1, 0.15) is 29.5 Å². The standard InChI is InChI=1S/C19H17FN2O2/c1-21-16-7-8-17-13(11-16)12-24-19(17,10-9-18(23)22-2)14-3-5-15(20)6-4-14/h3-8,11H,9-10,12H2,2H3,(H,22,23). The van der Waals surface area contributed by atoms with E-state index in [1.54, 1.807) is 25.2 Å². The highest BCUT2D eigenvalue weighted by Crippen LogP contribution is 2.46. The van der Waals surface area contributed by atoms with Crippen LogP contribution in [-0.2, 0) is 21.7 Å². The summed E-state index contributed by atoms with van der Waals surface area (Å²) in [5.74, 6) is -0.395. The number of halogens is 1. The van der Waals surface area contributed by atoms with Crippen LogP contribution in [0.3, 0.4) is 0 Å². The number of hydrogen-bond acceptors (Lipinski definition) is 2. The molecule has 24 heavy (non-hydrogen) atoms. The third-order valence-corrected chi connectivity index (χ3v) is 4.42. The first kappa shape index (κ1) is 16.2. The highest BCUT2D eigenvalue weighted by Gasteiger charge is 2.41. The third kappa shape index (κ3) is 2.77. The number of rotatable bonds is 4. The molecule has 5 heteroatoms. The monoisotopic (exact) mass is 324 g/mol. The van der Waals surface area contributed by atoms with Crippen LogP contribution in [0.5, 0.6) is 0 Å². The molecule has 0 fully saturated rings. The van der Waals surface area contributed by atoms with E-state index >= 15 is 0 Å². The molecule has 1 aliphatic rings. The first-order valence-corrected chi connectivity index (χ1v) is 7.70. The smallest absolute Gasteiger partial charge is 0.219 e. The number of nitrogens with zero attached hydrogens (tertiary/aromatic N) is 1. The van der Waals surface area contributed by atoms with E-state index in [4.69, 9.17) is 11.3 Å². The molecular weight excluding hydrogens is 307 g/mol. The summed E-state index contributed by atoms with van der Waals surface area (Å²) < 4.78 is 19.4. The summed E-state index contributed by atoms with van der Waals surface area (Å²) in [6.45, 7) is 7.51. The third-order valence-electron chi connectivity index (χ3n) is 4.42. The van der Waals surface area contributed by atoms with E-state index in [2.05, 4.69) is 10.2 Å². The van der Waals surface area contributed by atoms with Gasteiger partial charge in [0.2, 0.25) is 5.91 Å². The Labute approximate surface area is 140 Å². The molecule has 122 valence electrons. The van der Waals surface area contributed by atoms with Gasteiger partial charge in [-0.3, -0.25) is 4.79 Å². The summed E-state index contributed by atoms with van der Waals surface area (Å²) in [7, 11) is 1.60. The van der Waals surface area contributed by atoms with E-state index in [0.29, 0.717) is 18.7 Å². The van der Waals surface area contributed by atoms with Gasteiger partial charge in [-0.05, 0) is 35.2 Å². The molecule has 1 unspecified atom stereocenters. The lowest BCUT2D eigenvalue weighted by Gasteiger charge is -2.30. The zero-order valence-corrected chi connectivity index (χ0v) is 13.3. The Balaban J connectivity index is 2.07. The number of carbonyl (C=O) groups is 1. The summed E-state index contributed by atoms with van der Waals surface area (Å²) in [5.41, 5.74) is 2.44. The minimum atomic E-state index is -0.796. The maximum absolute atomic E-state index is 13.3. The lowest BCUT2D eigenvalue weighted by Crippen LogP contribution is -2.30. The van der Waals surface area contributed by atoms with Crippen molar-refractivity contribution in [3.05, 3.63) is 76.4 Å². The van der Waals surface area contributed by atoms with Crippen molar-refractivity contribution in [2.45, 2.75) is 25.0 Å². The minimum Gasteiger partial charge on any atom is -0.361 e. The molecule has 2 aromatic carbocycles. The Bertz CT molecular complexity index is 811. The van der Waals surface area contributed by atoms with Crippen molar-refractivity contribution < 1.29 is 13.9 Å². The SMILES string of the molecule is [C-]#[N+]c1ccc2c(c1)COC2(CCC(=O)NC)c1ccc(F)cc1. The van der Waals surface area contributed by atoms with Gasteiger partial charge in [-0.2, -0.15) is 0 Å². The summed E-state index contributed by atoms with van der Waals surface area (Å²) in [5, 5.41) is 2.61. The van der Waals surface area contributed by atoms with Gasteiger partial charge in [-0.1, -0.05) is 30.3 Å². The topological polar surface area (TPSA) is 42.7 Å². The zero-order chi connectivity index (χ0) is 17.2. The molecule has 1 aliphatic heterocycles. The van der Waals surface area contributed by atoms with Crippen molar-refractivity contribution in [1.82, 2.24) is 5.32 Å². The van der Waals surface area contributed by atoms with Crippen molar-refractivity contribution in [3.63, 3.8) is 0 Å². The Hall–Kier alpha value is -2.71. The molecule has 0 aliphatic carbocycles. The first-order chi connectivity index (χ1) is 11.6. The van der Waals surface area contributed by atoms with Crippen LogP contribution in [0.2, 0.25) is 0 Å². The fourth-order valence-corrected chi connectivity index (χ4v) is 3.17. The molecule has 1 N–H and O–H groups in total. The van der Waals surface area contributed by atoms with Crippen LogP contribution in [-0.4, -0.2) is 13.0 Å². The molecule has 0 saturated carbocycles. The Kier molecular flexibility index (Phi) is 4.32. The molecule has 0 radical (unpaired) electrons. The molecule has 0 aromatic heterocycles.